The van der Waals surface area contributed by atoms with Gasteiger partial charge in [0, 0.05) is 16.0 Å². The van der Waals surface area contributed by atoms with Crippen molar-refractivity contribution in [2.45, 2.75) is 19.4 Å². The average molecular weight is 357 g/mol. The van der Waals surface area contributed by atoms with Crippen LogP contribution in [-0.2, 0) is 13.5 Å². The molecule has 96 valence electrons. The van der Waals surface area contributed by atoms with Crippen LogP contribution < -0.4 is 5.32 Å². The molecule has 0 saturated carbocycles. The zero-order valence-electron chi connectivity index (χ0n) is 10.5. The van der Waals surface area contributed by atoms with E-state index in [1.165, 1.54) is 13.9 Å². The Hall–Kier alpha value is -1.02. The zero-order chi connectivity index (χ0) is 13.0. The lowest BCUT2D eigenvalue weighted by atomic mass is 10.0. The number of tetrazole rings is 1. The molecule has 1 N–H and O–H groups in total. The van der Waals surface area contributed by atoms with E-state index >= 15 is 0 Å². The number of rotatable bonds is 5. The van der Waals surface area contributed by atoms with Gasteiger partial charge in [-0.05, 0) is 52.0 Å². The summed E-state index contributed by atoms with van der Waals surface area (Å²) in [4.78, 5) is 1.49. The number of hydrogen-bond acceptors (Lipinski definition) is 4. The largest absolute Gasteiger partial charge is 0.310 e. The van der Waals surface area contributed by atoms with Crippen LogP contribution in [0.2, 0.25) is 0 Å². The molecule has 0 radical (unpaired) electrons. The van der Waals surface area contributed by atoms with Crippen molar-refractivity contribution in [3.63, 3.8) is 0 Å². The van der Waals surface area contributed by atoms with Crippen molar-refractivity contribution in [1.82, 2.24) is 25.5 Å². The van der Waals surface area contributed by atoms with Crippen LogP contribution in [0.1, 0.15) is 24.4 Å². The van der Waals surface area contributed by atoms with Crippen LogP contribution in [0.15, 0.2) is 24.3 Å². The second-order valence-corrected chi connectivity index (χ2v) is 5.31. The summed E-state index contributed by atoms with van der Waals surface area (Å²) in [6, 6.07) is 8.75. The Morgan fingerprint density at radius 3 is 2.61 bits per heavy atom. The monoisotopic (exact) mass is 357 g/mol. The van der Waals surface area contributed by atoms with E-state index in [1.54, 1.807) is 7.05 Å². The molecular weight excluding hydrogens is 341 g/mol. The van der Waals surface area contributed by atoms with Gasteiger partial charge in [-0.3, -0.25) is 0 Å². The van der Waals surface area contributed by atoms with Crippen molar-refractivity contribution in [2.24, 2.45) is 7.05 Å². The Kier molecular flexibility index (Phi) is 4.65. The van der Waals surface area contributed by atoms with Gasteiger partial charge in [0.2, 0.25) is 0 Å². The number of aromatic nitrogens is 4. The molecule has 0 spiro atoms. The number of hydrogen-bond donors (Lipinski definition) is 1. The van der Waals surface area contributed by atoms with Crippen LogP contribution in [0.3, 0.4) is 0 Å². The summed E-state index contributed by atoms with van der Waals surface area (Å²) >= 11 is 2.31. The van der Waals surface area contributed by atoms with Gasteiger partial charge in [-0.25, -0.2) is 0 Å². The van der Waals surface area contributed by atoms with Crippen molar-refractivity contribution in [3.05, 3.63) is 39.2 Å². The highest BCUT2D eigenvalue weighted by molar-refractivity contribution is 14.1. The van der Waals surface area contributed by atoms with Crippen LogP contribution in [0.4, 0.5) is 0 Å². The molecule has 1 aromatic carbocycles. The quantitative estimate of drug-likeness (QED) is 0.828. The van der Waals surface area contributed by atoms with Crippen LogP contribution in [-0.4, -0.2) is 26.8 Å². The SMILES string of the molecule is CCNC(Cc1nnn(C)n1)c1ccc(I)cc1. The molecule has 18 heavy (non-hydrogen) atoms. The standard InChI is InChI=1S/C12H16IN5/c1-3-14-11(8-12-15-17-18(2)16-12)9-4-6-10(13)7-5-9/h4-7,11,14H,3,8H2,1-2H3. The van der Waals surface area contributed by atoms with E-state index in [0.717, 1.165) is 18.8 Å². The molecule has 0 fully saturated rings. The molecule has 1 unspecified atom stereocenters. The van der Waals surface area contributed by atoms with Gasteiger partial charge in [0.25, 0.3) is 0 Å². The van der Waals surface area contributed by atoms with Crippen molar-refractivity contribution in [2.75, 3.05) is 6.54 Å². The number of aryl methyl sites for hydroxylation is 1. The zero-order valence-corrected chi connectivity index (χ0v) is 12.6. The molecule has 6 heteroatoms. The highest BCUT2D eigenvalue weighted by Gasteiger charge is 2.14. The first-order chi connectivity index (χ1) is 8.69. The van der Waals surface area contributed by atoms with Gasteiger partial charge in [-0.1, -0.05) is 19.1 Å². The Morgan fingerprint density at radius 2 is 2.06 bits per heavy atom. The summed E-state index contributed by atoms with van der Waals surface area (Å²) in [5.41, 5.74) is 1.25. The summed E-state index contributed by atoms with van der Waals surface area (Å²) in [6.07, 6.45) is 0.752. The summed E-state index contributed by atoms with van der Waals surface area (Å²) in [5.74, 6) is 0.766. The van der Waals surface area contributed by atoms with E-state index in [1.807, 2.05) is 0 Å². The molecule has 2 aromatic rings. The first kappa shape index (κ1) is 13.4. The number of halogens is 1. The fraction of sp³-hybridized carbons (Fsp3) is 0.417. The van der Waals surface area contributed by atoms with Gasteiger partial charge in [-0.2, -0.15) is 4.80 Å². The molecule has 2 rings (SSSR count). The molecule has 0 aliphatic heterocycles. The molecule has 1 aromatic heterocycles. The number of nitrogens with one attached hydrogen (secondary N) is 1. The normalized spacial score (nSPS) is 12.6. The lowest BCUT2D eigenvalue weighted by Crippen LogP contribution is -2.23. The molecule has 1 atom stereocenters. The van der Waals surface area contributed by atoms with Crippen molar-refractivity contribution in [1.29, 1.82) is 0 Å². The smallest absolute Gasteiger partial charge is 0.176 e. The molecular formula is C12H16IN5. The summed E-state index contributed by atoms with van der Waals surface area (Å²) < 4.78 is 1.24. The minimum Gasteiger partial charge on any atom is -0.310 e. The first-order valence-electron chi connectivity index (χ1n) is 5.90. The molecule has 0 aliphatic carbocycles. The van der Waals surface area contributed by atoms with Crippen molar-refractivity contribution in [3.8, 4) is 0 Å². The van der Waals surface area contributed by atoms with Gasteiger partial charge >= 0.3 is 0 Å². The number of likely N-dealkylation sites (N-methyl/N-ethyl adjacent to an activating group) is 1. The second-order valence-electron chi connectivity index (χ2n) is 4.06. The Balaban J connectivity index is 2.14. The van der Waals surface area contributed by atoms with Gasteiger partial charge in [0.15, 0.2) is 5.82 Å². The lowest BCUT2D eigenvalue weighted by molar-refractivity contribution is 0.534. The maximum Gasteiger partial charge on any atom is 0.176 e. The summed E-state index contributed by atoms with van der Waals surface area (Å²) in [7, 11) is 1.78. The third-order valence-electron chi connectivity index (χ3n) is 2.66. The lowest BCUT2D eigenvalue weighted by Gasteiger charge is -2.16. The molecule has 0 bridgehead atoms. The minimum atomic E-state index is 0.233. The summed E-state index contributed by atoms with van der Waals surface area (Å²) in [6.45, 7) is 3.01. The van der Waals surface area contributed by atoms with E-state index in [9.17, 15) is 0 Å². The van der Waals surface area contributed by atoms with Crippen molar-refractivity contribution < 1.29 is 0 Å². The van der Waals surface area contributed by atoms with Crippen LogP contribution >= 0.6 is 22.6 Å². The van der Waals surface area contributed by atoms with E-state index < -0.39 is 0 Å². The van der Waals surface area contributed by atoms with Crippen LogP contribution in [0, 0.1) is 3.57 Å². The minimum absolute atomic E-state index is 0.233. The third-order valence-corrected chi connectivity index (χ3v) is 3.38. The van der Waals surface area contributed by atoms with E-state index in [2.05, 4.69) is 74.5 Å². The fourth-order valence-corrected chi connectivity index (χ4v) is 2.20. The van der Waals surface area contributed by atoms with Gasteiger partial charge < -0.3 is 5.32 Å². The van der Waals surface area contributed by atoms with E-state index in [0.29, 0.717) is 0 Å². The maximum atomic E-state index is 4.23. The number of nitrogens with zero attached hydrogens (tertiary/aromatic N) is 4. The Bertz CT molecular complexity index is 493. The maximum absolute atomic E-state index is 4.23. The van der Waals surface area contributed by atoms with Crippen LogP contribution in [0.5, 0.6) is 0 Å². The highest BCUT2D eigenvalue weighted by Crippen LogP contribution is 2.18. The molecule has 0 saturated heterocycles. The predicted molar refractivity (Wildman–Crippen MR) is 78.1 cm³/mol. The Morgan fingerprint density at radius 1 is 1.33 bits per heavy atom. The van der Waals surface area contributed by atoms with Gasteiger partial charge in [0.1, 0.15) is 0 Å². The molecule has 1 heterocycles. The molecule has 0 amide bonds. The average Bonchev–Trinajstić information content (AvgIpc) is 2.75. The highest BCUT2D eigenvalue weighted by atomic mass is 127. The van der Waals surface area contributed by atoms with Gasteiger partial charge in [0.05, 0.1) is 7.05 Å². The first-order valence-corrected chi connectivity index (χ1v) is 6.98. The molecule has 0 aliphatic rings. The van der Waals surface area contributed by atoms with E-state index in [-0.39, 0.29) is 6.04 Å². The second kappa shape index (κ2) is 6.24. The van der Waals surface area contributed by atoms with Crippen molar-refractivity contribution >= 4 is 22.6 Å². The summed E-state index contributed by atoms with van der Waals surface area (Å²) in [5, 5.41) is 15.6. The predicted octanol–water partition coefficient (Wildman–Crippen LogP) is 1.71. The Labute approximate surface area is 120 Å². The number of benzene rings is 1. The van der Waals surface area contributed by atoms with Gasteiger partial charge in [-0.15, -0.1) is 10.2 Å². The topological polar surface area (TPSA) is 55.6 Å². The van der Waals surface area contributed by atoms with Crippen LogP contribution in [0.25, 0.3) is 0 Å². The fourth-order valence-electron chi connectivity index (χ4n) is 1.84. The third kappa shape index (κ3) is 3.49. The van der Waals surface area contributed by atoms with E-state index in [4.69, 9.17) is 0 Å². The molecule has 5 nitrogen and oxygen atoms in total.